The zero-order valence-corrected chi connectivity index (χ0v) is 12.8. The van der Waals surface area contributed by atoms with Gasteiger partial charge in [0, 0.05) is 0 Å². The standard InChI is InChI=1S/C14H16FN3O3S/c1-22-8-12-16-9-4-2-3-5-11(9)18(12)7-13(19)17-10(6-15)14(20)21/h2-5,10H,6-8H2,1H3,(H,17,19)(H,20,21). The minimum atomic E-state index is -1.52. The first-order chi connectivity index (χ1) is 10.6. The van der Waals surface area contributed by atoms with Gasteiger partial charge in [0.2, 0.25) is 5.91 Å². The molecule has 118 valence electrons. The highest BCUT2D eigenvalue weighted by Gasteiger charge is 2.21. The minimum absolute atomic E-state index is 0.0970. The van der Waals surface area contributed by atoms with Crippen LogP contribution in [0, 0.1) is 0 Å². The zero-order valence-electron chi connectivity index (χ0n) is 12.0. The molecule has 2 aromatic rings. The maximum atomic E-state index is 12.6. The van der Waals surface area contributed by atoms with Gasteiger partial charge in [-0.25, -0.2) is 14.2 Å². The van der Waals surface area contributed by atoms with Gasteiger partial charge in [0.15, 0.2) is 6.04 Å². The van der Waals surface area contributed by atoms with Crippen molar-refractivity contribution in [2.75, 3.05) is 12.9 Å². The number of alkyl halides is 1. The van der Waals surface area contributed by atoms with E-state index >= 15 is 0 Å². The predicted octanol–water partition coefficient (Wildman–Crippen LogP) is 1.44. The van der Waals surface area contributed by atoms with Crippen molar-refractivity contribution in [2.24, 2.45) is 0 Å². The molecule has 8 heteroatoms. The largest absolute Gasteiger partial charge is 0.480 e. The third-order valence-corrected chi connectivity index (χ3v) is 3.64. The lowest BCUT2D eigenvalue weighted by molar-refractivity contribution is -0.142. The molecule has 0 bridgehead atoms. The molecule has 2 N–H and O–H groups in total. The van der Waals surface area contributed by atoms with Crippen LogP contribution in [0.15, 0.2) is 24.3 Å². The topological polar surface area (TPSA) is 84.2 Å². The number of thioether (sulfide) groups is 1. The van der Waals surface area contributed by atoms with E-state index in [-0.39, 0.29) is 6.54 Å². The van der Waals surface area contributed by atoms with Crippen LogP contribution >= 0.6 is 11.8 Å². The summed E-state index contributed by atoms with van der Waals surface area (Å²) in [6.07, 6.45) is 1.92. The molecule has 1 aromatic heterocycles. The fraction of sp³-hybridized carbons (Fsp3) is 0.357. The molecule has 1 unspecified atom stereocenters. The zero-order chi connectivity index (χ0) is 16.1. The van der Waals surface area contributed by atoms with E-state index in [1.807, 2.05) is 30.5 Å². The number of carbonyl (C=O) groups is 2. The first kappa shape index (κ1) is 16.3. The van der Waals surface area contributed by atoms with E-state index in [2.05, 4.69) is 10.3 Å². The van der Waals surface area contributed by atoms with Crippen molar-refractivity contribution >= 4 is 34.7 Å². The average Bonchev–Trinajstić information content (AvgIpc) is 2.83. The van der Waals surface area contributed by atoms with Crippen molar-refractivity contribution in [3.8, 4) is 0 Å². The van der Waals surface area contributed by atoms with Crippen LogP contribution in [0.1, 0.15) is 5.82 Å². The van der Waals surface area contributed by atoms with Crippen LogP contribution in [-0.2, 0) is 21.9 Å². The third-order valence-electron chi connectivity index (χ3n) is 3.10. The smallest absolute Gasteiger partial charge is 0.328 e. The lowest BCUT2D eigenvalue weighted by atomic mass is 10.3. The second-order valence-corrected chi connectivity index (χ2v) is 5.51. The van der Waals surface area contributed by atoms with Crippen molar-refractivity contribution < 1.29 is 19.1 Å². The number of amides is 1. The van der Waals surface area contributed by atoms with Gasteiger partial charge in [-0.2, -0.15) is 11.8 Å². The highest BCUT2D eigenvalue weighted by Crippen LogP contribution is 2.18. The van der Waals surface area contributed by atoms with Crippen molar-refractivity contribution in [3.63, 3.8) is 0 Å². The number of para-hydroxylation sites is 2. The second kappa shape index (κ2) is 7.26. The Morgan fingerprint density at radius 1 is 1.45 bits per heavy atom. The summed E-state index contributed by atoms with van der Waals surface area (Å²) in [7, 11) is 0. The lowest BCUT2D eigenvalue weighted by Crippen LogP contribution is -2.43. The Morgan fingerprint density at radius 2 is 2.18 bits per heavy atom. The summed E-state index contributed by atoms with van der Waals surface area (Å²) in [5, 5.41) is 11.0. The van der Waals surface area contributed by atoms with Crippen LogP contribution in [-0.4, -0.2) is 45.5 Å². The summed E-state index contributed by atoms with van der Waals surface area (Å²) in [5.74, 6) is -0.616. The van der Waals surface area contributed by atoms with Crippen LogP contribution in [0.2, 0.25) is 0 Å². The van der Waals surface area contributed by atoms with Gasteiger partial charge >= 0.3 is 5.97 Å². The number of nitrogens with one attached hydrogen (secondary N) is 1. The molecule has 0 fully saturated rings. The molecule has 1 aromatic carbocycles. The average molecular weight is 325 g/mol. The summed E-state index contributed by atoms with van der Waals surface area (Å²) < 4.78 is 14.3. The van der Waals surface area contributed by atoms with E-state index in [9.17, 15) is 14.0 Å². The number of aromatic nitrogens is 2. The van der Waals surface area contributed by atoms with Gasteiger partial charge in [0.1, 0.15) is 19.0 Å². The third kappa shape index (κ3) is 3.56. The number of nitrogens with zero attached hydrogens (tertiary/aromatic N) is 2. The molecule has 1 atom stereocenters. The Bertz CT molecular complexity index is 689. The number of carboxylic acid groups (broad SMARTS) is 1. The summed E-state index contributed by atoms with van der Waals surface area (Å²) in [6.45, 7) is -1.25. The monoisotopic (exact) mass is 325 g/mol. The van der Waals surface area contributed by atoms with Crippen molar-refractivity contribution in [1.82, 2.24) is 14.9 Å². The Kier molecular flexibility index (Phi) is 5.37. The van der Waals surface area contributed by atoms with Gasteiger partial charge in [0.05, 0.1) is 16.8 Å². The Labute approximate surface area is 130 Å². The fourth-order valence-corrected chi connectivity index (χ4v) is 2.57. The molecule has 0 spiro atoms. The number of aliphatic carboxylic acids is 1. The van der Waals surface area contributed by atoms with E-state index < -0.39 is 24.6 Å². The molecule has 0 aliphatic heterocycles. The van der Waals surface area contributed by atoms with Gasteiger partial charge in [0.25, 0.3) is 0 Å². The molecular weight excluding hydrogens is 309 g/mol. The summed E-state index contributed by atoms with van der Waals surface area (Å²) >= 11 is 1.57. The molecule has 1 heterocycles. The highest BCUT2D eigenvalue weighted by molar-refractivity contribution is 7.97. The molecule has 0 aliphatic rings. The van der Waals surface area contributed by atoms with Crippen LogP contribution in [0.3, 0.4) is 0 Å². The molecule has 0 aliphatic carbocycles. The van der Waals surface area contributed by atoms with E-state index in [1.165, 1.54) is 0 Å². The summed E-state index contributed by atoms with van der Waals surface area (Å²) in [6, 6.07) is 5.85. The Morgan fingerprint density at radius 3 is 2.82 bits per heavy atom. The van der Waals surface area contributed by atoms with Crippen molar-refractivity contribution in [3.05, 3.63) is 30.1 Å². The van der Waals surface area contributed by atoms with E-state index in [0.717, 1.165) is 16.9 Å². The summed E-state index contributed by atoms with van der Waals surface area (Å²) in [5.41, 5.74) is 1.55. The van der Waals surface area contributed by atoms with Gasteiger partial charge in [-0.15, -0.1) is 0 Å². The molecule has 0 radical (unpaired) electrons. The van der Waals surface area contributed by atoms with Gasteiger partial charge < -0.3 is 15.0 Å². The van der Waals surface area contributed by atoms with Crippen LogP contribution in [0.25, 0.3) is 11.0 Å². The van der Waals surface area contributed by atoms with Crippen LogP contribution in [0.4, 0.5) is 4.39 Å². The lowest BCUT2D eigenvalue weighted by Gasteiger charge is -2.13. The number of imidazole rings is 1. The number of halogens is 1. The van der Waals surface area contributed by atoms with Gasteiger partial charge in [-0.05, 0) is 18.4 Å². The van der Waals surface area contributed by atoms with Gasteiger partial charge in [-0.1, -0.05) is 12.1 Å². The number of hydrogen-bond acceptors (Lipinski definition) is 4. The first-order valence-corrected chi connectivity index (χ1v) is 7.97. The minimum Gasteiger partial charge on any atom is -0.480 e. The predicted molar refractivity (Wildman–Crippen MR) is 82.5 cm³/mol. The number of rotatable bonds is 7. The number of fused-ring (bicyclic) bond motifs is 1. The maximum Gasteiger partial charge on any atom is 0.328 e. The quantitative estimate of drug-likeness (QED) is 0.805. The second-order valence-electron chi connectivity index (χ2n) is 4.65. The van der Waals surface area contributed by atoms with Crippen molar-refractivity contribution in [2.45, 2.75) is 18.3 Å². The maximum absolute atomic E-state index is 12.6. The molecule has 2 rings (SSSR count). The van der Waals surface area contributed by atoms with Crippen LogP contribution < -0.4 is 5.32 Å². The fourth-order valence-electron chi connectivity index (χ4n) is 2.09. The number of hydrogen-bond donors (Lipinski definition) is 2. The van der Waals surface area contributed by atoms with E-state index in [1.54, 1.807) is 16.3 Å². The molecule has 0 saturated heterocycles. The normalized spacial score (nSPS) is 12.3. The Hall–Kier alpha value is -2.09. The van der Waals surface area contributed by atoms with Crippen LogP contribution in [0.5, 0.6) is 0 Å². The molecule has 22 heavy (non-hydrogen) atoms. The van der Waals surface area contributed by atoms with E-state index in [4.69, 9.17) is 5.11 Å². The molecular formula is C14H16FN3O3S. The Balaban J connectivity index is 2.24. The first-order valence-electron chi connectivity index (χ1n) is 6.58. The molecule has 6 nitrogen and oxygen atoms in total. The van der Waals surface area contributed by atoms with Crippen molar-refractivity contribution in [1.29, 1.82) is 0 Å². The van der Waals surface area contributed by atoms with E-state index in [0.29, 0.717) is 5.75 Å². The highest BCUT2D eigenvalue weighted by atomic mass is 32.2. The van der Waals surface area contributed by atoms with Gasteiger partial charge in [-0.3, -0.25) is 4.79 Å². The molecule has 0 saturated carbocycles. The summed E-state index contributed by atoms with van der Waals surface area (Å²) in [4.78, 5) is 27.2. The molecule has 1 amide bonds. The SMILES string of the molecule is CSCc1nc2ccccc2n1CC(=O)NC(CF)C(=O)O. The number of benzene rings is 1. The number of carbonyl (C=O) groups excluding carboxylic acids is 1. The number of carboxylic acids is 1.